The van der Waals surface area contributed by atoms with Crippen LogP contribution in [0.15, 0.2) is 42.5 Å². The molecule has 0 saturated heterocycles. The van der Waals surface area contributed by atoms with Gasteiger partial charge in [0.15, 0.2) is 0 Å². The third kappa shape index (κ3) is 6.74. The van der Waals surface area contributed by atoms with E-state index in [-0.39, 0.29) is 30.6 Å². The van der Waals surface area contributed by atoms with Gasteiger partial charge in [-0.1, -0.05) is 41.9 Å². The molecule has 2 N–H and O–H groups in total. The summed E-state index contributed by atoms with van der Waals surface area (Å²) in [4.78, 5) is 30.8. The third-order valence-corrected chi connectivity index (χ3v) is 8.93. The van der Waals surface area contributed by atoms with Gasteiger partial charge in [0, 0.05) is 41.3 Å². The number of nitrogens with zero attached hydrogens (tertiary/aromatic N) is 2. The topological polar surface area (TPSA) is 99.5 Å². The molecule has 214 valence electrons. The normalized spacial score (nSPS) is 17.4. The molecule has 4 rings (SSSR count). The number of benzene rings is 2. The Bertz CT molecular complexity index is 1370. The van der Waals surface area contributed by atoms with Crippen molar-refractivity contribution in [3.8, 4) is 5.75 Å². The van der Waals surface area contributed by atoms with Crippen LogP contribution in [0.3, 0.4) is 0 Å². The Labute approximate surface area is 244 Å². The number of ether oxygens (including phenoxy) is 2. The molecule has 0 radical (unpaired) electrons. The van der Waals surface area contributed by atoms with Gasteiger partial charge < -0.3 is 29.3 Å². The third-order valence-electron chi connectivity index (χ3n) is 7.27. The summed E-state index contributed by atoms with van der Waals surface area (Å²) in [6, 6.07) is 12.4. The molecule has 2 aromatic carbocycles. The maximum atomic E-state index is 14.2. The molecular weight excluding hydrogens is 551 g/mol. The predicted molar refractivity (Wildman–Crippen MR) is 160 cm³/mol. The lowest BCUT2D eigenvalue weighted by molar-refractivity contribution is 0.0144. The fraction of sp³-hybridized carbons (Fsp3) is 0.448. The smallest absolute Gasteiger partial charge is 0.488 e. The first kappa shape index (κ1) is 30.2. The summed E-state index contributed by atoms with van der Waals surface area (Å²) in [7, 11) is 1.65. The van der Waals surface area contributed by atoms with E-state index in [4.69, 9.17) is 21.1 Å². The van der Waals surface area contributed by atoms with Gasteiger partial charge >= 0.3 is 13.2 Å². The molecule has 8 nitrogen and oxygen atoms in total. The van der Waals surface area contributed by atoms with Crippen LogP contribution < -0.4 is 10.2 Å². The van der Waals surface area contributed by atoms with Gasteiger partial charge in [0.1, 0.15) is 16.2 Å². The molecule has 1 aromatic heterocycles. The van der Waals surface area contributed by atoms with Crippen LogP contribution in [0.4, 0.5) is 4.79 Å². The summed E-state index contributed by atoms with van der Waals surface area (Å²) in [6.45, 7) is 5.73. The number of hydrogen-bond donors (Lipinski definition) is 2. The number of carbonyl (C=O) groups excluding carboxylic acids is 2. The number of rotatable bonds is 7. The van der Waals surface area contributed by atoms with Crippen molar-refractivity contribution in [2.45, 2.75) is 70.7 Å². The standard InChI is InChI=1S/C29H36BClN2O6S/c1-29(2,3)39-28(35)32(4)20-11-13-21(14-12-20)33(17-18-16-19(30(36)37)10-15-23(18)38-5)27(34)26-25(31)22-8-6-7-9-24(22)40-26/h6-10,15-16,20-21,36-37H,11-14,17H2,1-5H3/t20-,21-. The van der Waals surface area contributed by atoms with Crippen LogP contribution in [0.1, 0.15) is 61.7 Å². The van der Waals surface area contributed by atoms with Gasteiger partial charge in [-0.05, 0) is 64.1 Å². The summed E-state index contributed by atoms with van der Waals surface area (Å²) in [5.41, 5.74) is 0.392. The Balaban J connectivity index is 1.63. The van der Waals surface area contributed by atoms with E-state index < -0.39 is 12.7 Å². The first-order valence-electron chi connectivity index (χ1n) is 13.4. The highest BCUT2D eigenvalue weighted by molar-refractivity contribution is 7.21. The Morgan fingerprint density at radius 2 is 1.73 bits per heavy atom. The Kier molecular flexibility index (Phi) is 9.35. The van der Waals surface area contributed by atoms with Gasteiger partial charge in [0.05, 0.1) is 12.1 Å². The maximum absolute atomic E-state index is 14.2. The monoisotopic (exact) mass is 586 g/mol. The minimum Gasteiger partial charge on any atom is -0.496 e. The Morgan fingerprint density at radius 1 is 1.07 bits per heavy atom. The summed E-state index contributed by atoms with van der Waals surface area (Å²) in [6.07, 6.45) is 2.41. The van der Waals surface area contributed by atoms with E-state index in [0.717, 1.165) is 10.1 Å². The van der Waals surface area contributed by atoms with Crippen molar-refractivity contribution in [2.75, 3.05) is 14.2 Å². The number of methoxy groups -OCH3 is 1. The average Bonchev–Trinajstić information content (AvgIpc) is 3.26. The summed E-state index contributed by atoms with van der Waals surface area (Å²) in [5.74, 6) is 0.357. The number of fused-ring (bicyclic) bond motifs is 1. The van der Waals surface area contributed by atoms with E-state index >= 15 is 0 Å². The van der Waals surface area contributed by atoms with Crippen LogP contribution >= 0.6 is 22.9 Å². The van der Waals surface area contributed by atoms with Crippen molar-refractivity contribution in [1.29, 1.82) is 0 Å². The molecule has 1 saturated carbocycles. The van der Waals surface area contributed by atoms with Crippen molar-refractivity contribution in [2.24, 2.45) is 0 Å². The van der Waals surface area contributed by atoms with Crippen LogP contribution in [0.5, 0.6) is 5.75 Å². The number of amides is 2. The number of thiophene rings is 1. The van der Waals surface area contributed by atoms with Crippen LogP contribution in [0.25, 0.3) is 10.1 Å². The van der Waals surface area contributed by atoms with Gasteiger partial charge in [-0.25, -0.2) is 4.79 Å². The van der Waals surface area contributed by atoms with Crippen molar-refractivity contribution in [3.63, 3.8) is 0 Å². The van der Waals surface area contributed by atoms with Crippen molar-refractivity contribution >= 4 is 57.6 Å². The molecule has 40 heavy (non-hydrogen) atoms. The van der Waals surface area contributed by atoms with E-state index in [1.165, 1.54) is 11.3 Å². The molecular formula is C29H36BClN2O6S. The molecule has 11 heteroatoms. The molecule has 0 unspecified atom stereocenters. The second-order valence-corrected chi connectivity index (χ2v) is 12.6. The summed E-state index contributed by atoms with van der Waals surface area (Å²) < 4.78 is 12.0. The minimum absolute atomic E-state index is 0.00151. The van der Waals surface area contributed by atoms with Crippen molar-refractivity contribution in [1.82, 2.24) is 9.80 Å². The maximum Gasteiger partial charge on any atom is 0.488 e. The predicted octanol–water partition coefficient (Wildman–Crippen LogP) is 5.06. The van der Waals surface area contributed by atoms with E-state index in [1.807, 2.05) is 49.9 Å². The highest BCUT2D eigenvalue weighted by Crippen LogP contribution is 2.38. The summed E-state index contributed by atoms with van der Waals surface area (Å²) >= 11 is 8.09. The molecule has 0 aliphatic heterocycles. The largest absolute Gasteiger partial charge is 0.496 e. The molecule has 3 aromatic rings. The SMILES string of the molecule is COc1ccc(B(O)O)cc1CN(C(=O)c1sc2ccccc2c1Cl)[C@H]1CC[C@H](N(C)C(=O)OC(C)(C)C)CC1. The highest BCUT2D eigenvalue weighted by Gasteiger charge is 2.35. The lowest BCUT2D eigenvalue weighted by Crippen LogP contribution is -2.47. The molecule has 2 amide bonds. The zero-order valence-corrected chi connectivity index (χ0v) is 25.1. The zero-order chi connectivity index (χ0) is 29.2. The van der Waals surface area contributed by atoms with Crippen LogP contribution in [0, 0.1) is 0 Å². The number of carbonyl (C=O) groups is 2. The number of hydrogen-bond acceptors (Lipinski definition) is 7. The highest BCUT2D eigenvalue weighted by atomic mass is 35.5. The van der Waals surface area contributed by atoms with Crippen LogP contribution in [-0.4, -0.2) is 70.8 Å². The molecule has 0 bridgehead atoms. The second-order valence-electron chi connectivity index (χ2n) is 11.2. The molecule has 0 spiro atoms. The van der Waals surface area contributed by atoms with Crippen LogP contribution in [0.2, 0.25) is 5.02 Å². The van der Waals surface area contributed by atoms with Crippen molar-refractivity contribution < 1.29 is 29.1 Å². The van der Waals surface area contributed by atoms with Gasteiger partial charge in [-0.15, -0.1) is 11.3 Å². The first-order valence-corrected chi connectivity index (χ1v) is 14.6. The second kappa shape index (κ2) is 12.4. The van der Waals surface area contributed by atoms with Gasteiger partial charge in [-0.3, -0.25) is 4.79 Å². The Morgan fingerprint density at radius 3 is 2.33 bits per heavy atom. The van der Waals surface area contributed by atoms with Crippen LogP contribution in [-0.2, 0) is 11.3 Å². The Hall–Kier alpha value is -2.79. The number of halogens is 1. The van der Waals surface area contributed by atoms with E-state index in [9.17, 15) is 19.6 Å². The fourth-order valence-corrected chi connectivity index (χ4v) is 6.62. The quantitative estimate of drug-likeness (QED) is 0.375. The summed E-state index contributed by atoms with van der Waals surface area (Å²) in [5, 5.41) is 20.8. The lowest BCUT2D eigenvalue weighted by atomic mass is 9.79. The van der Waals surface area contributed by atoms with Gasteiger partial charge in [0.2, 0.25) is 0 Å². The zero-order valence-electron chi connectivity index (χ0n) is 23.5. The lowest BCUT2D eigenvalue weighted by Gasteiger charge is -2.40. The van der Waals surface area contributed by atoms with Gasteiger partial charge in [0.25, 0.3) is 5.91 Å². The molecule has 1 aliphatic carbocycles. The molecule has 1 heterocycles. The minimum atomic E-state index is -1.65. The molecule has 1 fully saturated rings. The molecule has 0 atom stereocenters. The van der Waals surface area contributed by atoms with E-state index in [1.54, 1.807) is 37.3 Å². The van der Waals surface area contributed by atoms with Gasteiger partial charge in [-0.2, -0.15) is 0 Å². The first-order chi connectivity index (χ1) is 18.9. The average molecular weight is 587 g/mol. The molecule has 1 aliphatic rings. The van der Waals surface area contributed by atoms with E-state index in [2.05, 4.69) is 0 Å². The van der Waals surface area contributed by atoms with Crippen molar-refractivity contribution in [3.05, 3.63) is 57.9 Å². The fourth-order valence-electron chi connectivity index (χ4n) is 5.16. The van der Waals surface area contributed by atoms with E-state index in [0.29, 0.717) is 52.4 Å².